The number of amides is 2. The first-order chi connectivity index (χ1) is 13.2. The molecular formula is C21H28N2O4. The Labute approximate surface area is 160 Å². The molecule has 6 heteroatoms. The number of ether oxygens (including phenoxy) is 2. The number of carbonyl (C=O) groups is 2. The maximum Gasteiger partial charge on any atom is 0.267 e. The van der Waals surface area contributed by atoms with Gasteiger partial charge in [-0.25, -0.2) is 0 Å². The molecule has 0 N–H and O–H groups in total. The summed E-state index contributed by atoms with van der Waals surface area (Å²) in [5.74, 6) is 2.18. The van der Waals surface area contributed by atoms with Gasteiger partial charge in [0.15, 0.2) is 11.5 Å². The highest BCUT2D eigenvalue weighted by atomic mass is 16.6. The molecule has 0 aliphatic carbocycles. The second-order valence-corrected chi connectivity index (χ2v) is 7.76. The molecular weight excluding hydrogens is 344 g/mol. The molecule has 1 atom stereocenters. The van der Waals surface area contributed by atoms with E-state index in [0.717, 1.165) is 58.3 Å². The highest BCUT2D eigenvalue weighted by Crippen LogP contribution is 2.32. The van der Waals surface area contributed by atoms with Gasteiger partial charge in [0.25, 0.3) is 5.91 Å². The molecule has 3 heterocycles. The van der Waals surface area contributed by atoms with Crippen LogP contribution in [0, 0.1) is 5.92 Å². The van der Waals surface area contributed by atoms with Crippen LogP contribution in [0.5, 0.6) is 11.5 Å². The highest BCUT2D eigenvalue weighted by Gasteiger charge is 2.33. The number of hydrogen-bond acceptors (Lipinski definition) is 4. The van der Waals surface area contributed by atoms with Gasteiger partial charge in [0.1, 0.15) is 6.61 Å². The molecule has 0 saturated carbocycles. The molecule has 1 aromatic rings. The van der Waals surface area contributed by atoms with Gasteiger partial charge in [0, 0.05) is 32.6 Å². The standard InChI is InChI=1S/C21H28N2O4/c24-20(22-11-3-4-12-22)8-7-16-9-13-23(14-10-16)21(25)19-15-26-17-5-1-2-6-18(17)27-19/h1-2,5-6,16,19H,3-4,7-15H2/t19-/m1/s1. The zero-order chi connectivity index (χ0) is 18.6. The minimum absolute atomic E-state index is 0.0103. The van der Waals surface area contributed by atoms with Crippen LogP contribution in [0.2, 0.25) is 0 Å². The van der Waals surface area contributed by atoms with Crippen LogP contribution in [0.1, 0.15) is 38.5 Å². The minimum Gasteiger partial charge on any atom is -0.485 e. The van der Waals surface area contributed by atoms with E-state index in [2.05, 4.69) is 0 Å². The summed E-state index contributed by atoms with van der Waals surface area (Å²) in [5.41, 5.74) is 0. The number of carbonyl (C=O) groups excluding carboxylic acids is 2. The average molecular weight is 372 g/mol. The number of likely N-dealkylation sites (tertiary alicyclic amines) is 2. The summed E-state index contributed by atoms with van der Waals surface area (Å²) >= 11 is 0. The molecule has 2 saturated heterocycles. The molecule has 0 bridgehead atoms. The molecule has 1 aromatic carbocycles. The lowest BCUT2D eigenvalue weighted by molar-refractivity contribution is -0.142. The summed E-state index contributed by atoms with van der Waals surface area (Å²) in [6.45, 7) is 3.60. The van der Waals surface area contributed by atoms with Crippen LogP contribution < -0.4 is 9.47 Å². The second kappa shape index (κ2) is 8.19. The van der Waals surface area contributed by atoms with E-state index in [1.807, 2.05) is 34.1 Å². The van der Waals surface area contributed by atoms with Crippen LogP contribution in [0.4, 0.5) is 0 Å². The fourth-order valence-electron chi connectivity index (χ4n) is 4.24. The average Bonchev–Trinajstić information content (AvgIpc) is 3.26. The Kier molecular flexibility index (Phi) is 5.50. The monoisotopic (exact) mass is 372 g/mol. The number of hydrogen-bond donors (Lipinski definition) is 0. The predicted molar refractivity (Wildman–Crippen MR) is 101 cm³/mol. The number of piperidine rings is 1. The van der Waals surface area contributed by atoms with Crippen molar-refractivity contribution in [2.24, 2.45) is 5.92 Å². The quantitative estimate of drug-likeness (QED) is 0.815. The Morgan fingerprint density at radius 2 is 1.67 bits per heavy atom. The van der Waals surface area contributed by atoms with Crippen LogP contribution in [0.15, 0.2) is 24.3 Å². The lowest BCUT2D eigenvalue weighted by Crippen LogP contribution is -2.49. The lowest BCUT2D eigenvalue weighted by atomic mass is 9.91. The smallest absolute Gasteiger partial charge is 0.267 e. The fraction of sp³-hybridized carbons (Fsp3) is 0.619. The second-order valence-electron chi connectivity index (χ2n) is 7.76. The zero-order valence-corrected chi connectivity index (χ0v) is 15.8. The van der Waals surface area contributed by atoms with E-state index in [0.29, 0.717) is 29.7 Å². The first-order valence-corrected chi connectivity index (χ1v) is 10.2. The molecule has 27 heavy (non-hydrogen) atoms. The number of nitrogens with zero attached hydrogens (tertiary/aromatic N) is 2. The SMILES string of the molecule is O=C(CCC1CCN(C(=O)[C@H]2COc3ccccc3O2)CC1)N1CCCC1. The van der Waals surface area contributed by atoms with Gasteiger partial charge in [0.2, 0.25) is 12.0 Å². The van der Waals surface area contributed by atoms with Crippen LogP contribution in [-0.4, -0.2) is 60.5 Å². The Bertz CT molecular complexity index is 679. The van der Waals surface area contributed by atoms with Crippen molar-refractivity contribution in [1.29, 1.82) is 0 Å². The summed E-state index contributed by atoms with van der Waals surface area (Å²) < 4.78 is 11.5. The van der Waals surface area contributed by atoms with Crippen molar-refractivity contribution in [2.45, 2.75) is 44.6 Å². The van der Waals surface area contributed by atoms with E-state index in [-0.39, 0.29) is 12.5 Å². The lowest BCUT2D eigenvalue weighted by Gasteiger charge is -2.35. The Balaban J connectivity index is 1.22. The third-order valence-corrected chi connectivity index (χ3v) is 5.94. The highest BCUT2D eigenvalue weighted by molar-refractivity contribution is 5.82. The molecule has 0 spiro atoms. The van der Waals surface area contributed by atoms with Gasteiger partial charge >= 0.3 is 0 Å². The molecule has 2 fully saturated rings. The normalized spacial score (nSPS) is 22.7. The van der Waals surface area contributed by atoms with Gasteiger partial charge in [0.05, 0.1) is 0 Å². The fourth-order valence-corrected chi connectivity index (χ4v) is 4.24. The Morgan fingerprint density at radius 1 is 0.963 bits per heavy atom. The van der Waals surface area contributed by atoms with E-state index in [1.165, 1.54) is 0 Å². The molecule has 0 radical (unpaired) electrons. The molecule has 0 aromatic heterocycles. The van der Waals surface area contributed by atoms with E-state index >= 15 is 0 Å². The summed E-state index contributed by atoms with van der Waals surface area (Å²) in [5, 5.41) is 0. The van der Waals surface area contributed by atoms with Crippen LogP contribution in [-0.2, 0) is 9.59 Å². The summed E-state index contributed by atoms with van der Waals surface area (Å²) in [7, 11) is 0. The topological polar surface area (TPSA) is 59.1 Å². The third-order valence-electron chi connectivity index (χ3n) is 5.94. The van der Waals surface area contributed by atoms with Gasteiger partial charge in [-0.3, -0.25) is 9.59 Å². The molecule has 3 aliphatic rings. The first-order valence-electron chi connectivity index (χ1n) is 10.2. The van der Waals surface area contributed by atoms with Crippen molar-refractivity contribution < 1.29 is 19.1 Å². The van der Waals surface area contributed by atoms with Crippen molar-refractivity contribution in [2.75, 3.05) is 32.8 Å². The first kappa shape index (κ1) is 18.1. The van der Waals surface area contributed by atoms with Gasteiger partial charge in [-0.2, -0.15) is 0 Å². The van der Waals surface area contributed by atoms with Crippen molar-refractivity contribution in [3.8, 4) is 11.5 Å². The largest absolute Gasteiger partial charge is 0.485 e. The molecule has 146 valence electrons. The maximum absolute atomic E-state index is 12.8. The van der Waals surface area contributed by atoms with Crippen molar-refractivity contribution in [3.05, 3.63) is 24.3 Å². The molecule has 3 aliphatic heterocycles. The predicted octanol–water partition coefficient (Wildman–Crippen LogP) is 2.47. The van der Waals surface area contributed by atoms with Gasteiger partial charge < -0.3 is 19.3 Å². The number of rotatable bonds is 4. The number of fused-ring (bicyclic) bond motifs is 1. The third kappa shape index (κ3) is 4.20. The molecule has 4 rings (SSSR count). The van der Waals surface area contributed by atoms with E-state index in [1.54, 1.807) is 0 Å². The summed E-state index contributed by atoms with van der Waals surface area (Å²) in [6, 6.07) is 7.46. The summed E-state index contributed by atoms with van der Waals surface area (Å²) in [4.78, 5) is 28.9. The number of para-hydroxylation sites is 2. The molecule has 6 nitrogen and oxygen atoms in total. The van der Waals surface area contributed by atoms with Crippen LogP contribution in [0.25, 0.3) is 0 Å². The Morgan fingerprint density at radius 3 is 2.41 bits per heavy atom. The van der Waals surface area contributed by atoms with Crippen molar-refractivity contribution in [1.82, 2.24) is 9.80 Å². The zero-order valence-electron chi connectivity index (χ0n) is 15.8. The molecule has 2 amide bonds. The van der Waals surface area contributed by atoms with Crippen LogP contribution >= 0.6 is 0 Å². The van der Waals surface area contributed by atoms with Gasteiger partial charge in [-0.05, 0) is 50.2 Å². The maximum atomic E-state index is 12.8. The van der Waals surface area contributed by atoms with Gasteiger partial charge in [-0.15, -0.1) is 0 Å². The van der Waals surface area contributed by atoms with Crippen LogP contribution in [0.3, 0.4) is 0 Å². The van der Waals surface area contributed by atoms with Crippen molar-refractivity contribution >= 4 is 11.8 Å². The van der Waals surface area contributed by atoms with E-state index < -0.39 is 6.10 Å². The number of benzene rings is 1. The molecule has 0 unspecified atom stereocenters. The Hall–Kier alpha value is -2.24. The van der Waals surface area contributed by atoms with Gasteiger partial charge in [-0.1, -0.05) is 12.1 Å². The summed E-state index contributed by atoms with van der Waals surface area (Å²) in [6.07, 6.45) is 5.23. The van der Waals surface area contributed by atoms with E-state index in [9.17, 15) is 9.59 Å². The minimum atomic E-state index is -0.562. The van der Waals surface area contributed by atoms with E-state index in [4.69, 9.17) is 9.47 Å². The van der Waals surface area contributed by atoms with Crippen molar-refractivity contribution in [3.63, 3.8) is 0 Å².